The van der Waals surface area contributed by atoms with E-state index in [2.05, 4.69) is 17.0 Å². The van der Waals surface area contributed by atoms with E-state index < -0.39 is 49.5 Å². The lowest BCUT2D eigenvalue weighted by Gasteiger charge is -2.30. The average Bonchev–Trinajstić information content (AvgIpc) is 3.43. The Kier molecular flexibility index (Phi) is 16.7. The highest BCUT2D eigenvalue weighted by atomic mass is 31.2. The Morgan fingerprint density at radius 1 is 0.964 bits per heavy atom. The van der Waals surface area contributed by atoms with E-state index in [-0.39, 0.29) is 24.7 Å². The van der Waals surface area contributed by atoms with Gasteiger partial charge in [0, 0.05) is 6.61 Å². The Morgan fingerprint density at radius 2 is 1.57 bits per heavy atom. The van der Waals surface area contributed by atoms with Crippen LogP contribution in [-0.4, -0.2) is 79.0 Å². The topological polar surface area (TPSA) is 204 Å². The maximum atomic E-state index is 13.3. The molecule has 3 aromatic rings. The Balaban J connectivity index is 1.03. The molecular formula is C41H62N5O9P. The molecule has 0 spiro atoms. The number of nitrogen functional groups attached to an aromatic ring is 1. The Morgan fingerprint density at radius 3 is 2.14 bits per heavy atom. The van der Waals surface area contributed by atoms with Gasteiger partial charge in [-0.25, -0.2) is 14.1 Å². The van der Waals surface area contributed by atoms with Crippen molar-refractivity contribution in [3.05, 3.63) is 60.0 Å². The van der Waals surface area contributed by atoms with E-state index in [0.717, 1.165) is 24.8 Å². The number of aliphatic hydroxyl groups excluding tert-OH is 1. The number of phosphoric ester groups is 1. The van der Waals surface area contributed by atoms with Crippen molar-refractivity contribution in [2.75, 3.05) is 18.9 Å². The predicted molar refractivity (Wildman–Crippen MR) is 211 cm³/mol. The monoisotopic (exact) mass is 799 g/mol. The van der Waals surface area contributed by atoms with Gasteiger partial charge >= 0.3 is 7.82 Å². The third-order valence-electron chi connectivity index (χ3n) is 11.0. The average molecular weight is 800 g/mol. The number of nitriles is 1. The van der Waals surface area contributed by atoms with Gasteiger partial charge in [0.2, 0.25) is 5.60 Å². The number of unbranched alkanes of at least 4 members (excludes halogenated alkanes) is 15. The molecule has 3 heterocycles. The number of fused-ring (bicyclic) bond motifs is 2. The number of phosphoric acid groups is 1. The van der Waals surface area contributed by atoms with Crippen molar-refractivity contribution in [1.82, 2.24) is 14.6 Å². The fourth-order valence-electron chi connectivity index (χ4n) is 7.60. The summed E-state index contributed by atoms with van der Waals surface area (Å²) in [5, 5.41) is 36.9. The van der Waals surface area contributed by atoms with E-state index in [4.69, 9.17) is 29.0 Å². The van der Waals surface area contributed by atoms with Crippen LogP contribution in [-0.2, 0) is 40.0 Å². The zero-order valence-electron chi connectivity index (χ0n) is 33.0. The fourth-order valence-corrected chi connectivity index (χ4v) is 8.77. The van der Waals surface area contributed by atoms with Crippen molar-refractivity contribution in [2.24, 2.45) is 0 Å². The fraction of sp³-hybridized carbons (Fsp3) is 0.683. The van der Waals surface area contributed by atoms with E-state index in [1.54, 1.807) is 13.0 Å². The van der Waals surface area contributed by atoms with Crippen LogP contribution in [0.4, 0.5) is 5.82 Å². The van der Waals surface area contributed by atoms with Crippen LogP contribution in [0, 0.1) is 11.3 Å². The van der Waals surface area contributed by atoms with E-state index in [1.807, 2.05) is 36.4 Å². The second-order valence-corrected chi connectivity index (χ2v) is 16.7. The summed E-state index contributed by atoms with van der Waals surface area (Å²) >= 11 is 0. The van der Waals surface area contributed by atoms with Crippen LogP contribution < -0.4 is 5.73 Å². The molecule has 1 aromatic carbocycles. The van der Waals surface area contributed by atoms with Crippen LogP contribution in [0.15, 0.2) is 48.8 Å². The molecule has 310 valence electrons. The number of rotatable bonds is 28. The number of aliphatic hydroxyl groups is 2. The van der Waals surface area contributed by atoms with Crippen LogP contribution in [0.25, 0.3) is 5.52 Å². The number of ether oxygens (including phenoxy) is 3. The van der Waals surface area contributed by atoms with Gasteiger partial charge < -0.3 is 35.1 Å². The normalized spacial score (nSPS) is 25.1. The second-order valence-electron chi connectivity index (χ2n) is 15.4. The summed E-state index contributed by atoms with van der Waals surface area (Å²) in [7, 11) is -4.86. The molecule has 1 saturated carbocycles. The maximum absolute atomic E-state index is 13.3. The van der Waals surface area contributed by atoms with Gasteiger partial charge in [-0.05, 0) is 31.0 Å². The SMILES string of the molecule is CCCCCCCCCCCCCCCCCCOC[C@@H](OCc1ccccc1)C(C)OP(=O)(O)OC1[C@H]2O[C@@](C#N)(c3ccc4c(N)ncnn34)[C@H](O)[C@@]12O. The number of anilines is 1. The lowest BCUT2D eigenvalue weighted by Crippen LogP contribution is -2.47. The van der Waals surface area contributed by atoms with Gasteiger partial charge in [0.25, 0.3) is 0 Å². The van der Waals surface area contributed by atoms with Crippen LogP contribution in [0.1, 0.15) is 128 Å². The number of hydrogen-bond donors (Lipinski definition) is 4. The van der Waals surface area contributed by atoms with E-state index in [0.29, 0.717) is 12.1 Å². The smallest absolute Gasteiger partial charge is 0.385 e. The van der Waals surface area contributed by atoms with Crippen molar-refractivity contribution < 1.29 is 42.9 Å². The molecule has 3 unspecified atom stereocenters. The minimum absolute atomic E-state index is 0.103. The number of aromatic nitrogens is 3. The van der Waals surface area contributed by atoms with Crippen LogP contribution >= 0.6 is 7.82 Å². The summed E-state index contributed by atoms with van der Waals surface area (Å²) in [6.07, 6.45) is 15.4. The van der Waals surface area contributed by atoms with Gasteiger partial charge in [-0.2, -0.15) is 10.4 Å². The highest BCUT2D eigenvalue weighted by Gasteiger charge is 2.83. The molecule has 0 amide bonds. The summed E-state index contributed by atoms with van der Waals surface area (Å²) in [6, 6.07) is 14.5. The lowest BCUT2D eigenvalue weighted by molar-refractivity contribution is -0.110. The van der Waals surface area contributed by atoms with Crippen LogP contribution in [0.3, 0.4) is 0 Å². The molecule has 2 aliphatic rings. The molecule has 56 heavy (non-hydrogen) atoms. The first-order chi connectivity index (χ1) is 27.1. The van der Waals surface area contributed by atoms with Crippen LogP contribution in [0.2, 0.25) is 0 Å². The first kappa shape index (κ1) is 44.1. The van der Waals surface area contributed by atoms with Crippen molar-refractivity contribution in [2.45, 2.75) is 165 Å². The summed E-state index contributed by atoms with van der Waals surface area (Å²) in [5.41, 5.74) is 3.06. The standard InChI is InChI=1S/C41H62N5O9P/c1-3-4-5-6-7-8-9-10-11-12-13-14-15-16-17-21-26-51-28-34(52-27-32-22-19-18-20-23-32)31(2)54-56(49,50)55-37-36-41(37,48)39(47)40(29-42,53-36)35-25-24-33-38(43)44-30-45-46(33)35/h18-20,22-25,30-31,34,36-37,39,47-48H,3-17,21,26-28H2,1-2H3,(H,49,50)(H2,43,44,45)/t31?,34-,36-,37?,39+,40+,41+/m1/s1. The van der Waals surface area contributed by atoms with E-state index in [9.17, 15) is 24.9 Å². The summed E-state index contributed by atoms with van der Waals surface area (Å²) < 4.78 is 43.5. The largest absolute Gasteiger partial charge is 0.473 e. The van der Waals surface area contributed by atoms with Crippen molar-refractivity contribution in [3.63, 3.8) is 0 Å². The predicted octanol–water partition coefficient (Wildman–Crippen LogP) is 7.29. The molecule has 2 aromatic heterocycles. The van der Waals surface area contributed by atoms with Crippen LogP contribution in [0.5, 0.6) is 0 Å². The minimum Gasteiger partial charge on any atom is -0.385 e. The quantitative estimate of drug-likeness (QED) is 0.0421. The molecule has 14 nitrogen and oxygen atoms in total. The molecule has 8 atom stereocenters. The zero-order valence-corrected chi connectivity index (χ0v) is 33.9. The van der Waals surface area contributed by atoms with E-state index >= 15 is 0 Å². The van der Waals surface area contributed by atoms with Gasteiger partial charge in [-0.3, -0.25) is 9.05 Å². The molecule has 0 radical (unpaired) electrons. The van der Waals surface area contributed by atoms with Crippen molar-refractivity contribution >= 4 is 19.2 Å². The molecule has 0 bridgehead atoms. The molecule has 1 saturated heterocycles. The van der Waals surface area contributed by atoms with E-state index in [1.165, 1.54) is 100 Å². The number of nitrogens with zero attached hydrogens (tertiary/aromatic N) is 4. The molecule has 5 rings (SSSR count). The molecular weight excluding hydrogens is 737 g/mol. The number of hydrogen-bond acceptors (Lipinski definition) is 12. The summed E-state index contributed by atoms with van der Waals surface area (Å²) in [5.74, 6) is 0.140. The van der Waals surface area contributed by atoms with Gasteiger partial charge in [-0.1, -0.05) is 134 Å². The molecule has 2 fully saturated rings. The summed E-state index contributed by atoms with van der Waals surface area (Å²) in [4.78, 5) is 14.7. The Hall–Kier alpha value is -2.96. The zero-order chi connectivity index (χ0) is 40.0. The lowest BCUT2D eigenvalue weighted by atomic mass is 9.90. The van der Waals surface area contributed by atoms with Gasteiger partial charge in [0.05, 0.1) is 25.0 Å². The first-order valence-electron chi connectivity index (χ1n) is 20.6. The van der Waals surface area contributed by atoms with Gasteiger partial charge in [-0.15, -0.1) is 0 Å². The minimum atomic E-state index is -4.86. The number of benzene rings is 1. The van der Waals surface area contributed by atoms with Gasteiger partial charge in [0.15, 0.2) is 11.4 Å². The first-order valence-corrected chi connectivity index (χ1v) is 22.1. The molecule has 1 aliphatic carbocycles. The second kappa shape index (κ2) is 21.2. The molecule has 15 heteroatoms. The van der Waals surface area contributed by atoms with Gasteiger partial charge in [0.1, 0.15) is 42.3 Å². The Labute approximate surface area is 331 Å². The van der Waals surface area contributed by atoms with Crippen molar-refractivity contribution in [3.8, 4) is 6.07 Å². The maximum Gasteiger partial charge on any atom is 0.473 e. The molecule has 1 aliphatic heterocycles. The highest BCUT2D eigenvalue weighted by molar-refractivity contribution is 7.47. The van der Waals surface area contributed by atoms with Crippen molar-refractivity contribution in [1.29, 1.82) is 5.26 Å². The third-order valence-corrected chi connectivity index (χ3v) is 12.1. The third kappa shape index (κ3) is 11.2. The highest BCUT2D eigenvalue weighted by Crippen LogP contribution is 2.63. The number of nitrogens with two attached hydrogens (primary N) is 1. The molecule has 5 N–H and O–H groups in total. The summed E-state index contributed by atoms with van der Waals surface area (Å²) in [6.45, 7) is 4.71. The Bertz CT molecular complexity index is 1730.